The van der Waals surface area contributed by atoms with Gasteiger partial charge in [-0.05, 0) is 71.5 Å². The molecule has 0 amide bonds. The van der Waals surface area contributed by atoms with Crippen molar-refractivity contribution in [3.05, 3.63) is 28.5 Å². The molecule has 2 fully saturated rings. The van der Waals surface area contributed by atoms with E-state index in [4.69, 9.17) is 0 Å². The second-order valence-electron chi connectivity index (χ2n) is 6.62. The molecular weight excluding hydrogens is 302 g/mol. The largest absolute Gasteiger partial charge is 0.390 e. The van der Waals surface area contributed by atoms with Crippen molar-refractivity contribution in [1.29, 1.82) is 0 Å². The van der Waals surface area contributed by atoms with E-state index in [1.807, 2.05) is 6.20 Å². The number of pyridine rings is 1. The molecule has 104 valence electrons. The third-order valence-electron chi connectivity index (χ3n) is 5.20. The molecule has 0 aromatic carbocycles. The van der Waals surface area contributed by atoms with Crippen LogP contribution < -0.4 is 0 Å². The van der Waals surface area contributed by atoms with E-state index in [1.54, 1.807) is 6.20 Å². The van der Waals surface area contributed by atoms with Crippen LogP contribution in [0.1, 0.15) is 56.9 Å². The van der Waals surface area contributed by atoms with Crippen LogP contribution in [-0.4, -0.2) is 15.7 Å². The Kier molecular flexibility index (Phi) is 3.69. The SMILES string of the molecule is OC1(Cc2cncc(Br)c2)CCC2(CCCC2)CC1. The molecule has 0 aliphatic heterocycles. The van der Waals surface area contributed by atoms with Crippen molar-refractivity contribution in [1.82, 2.24) is 4.98 Å². The fraction of sp³-hybridized carbons (Fsp3) is 0.688. The second kappa shape index (κ2) is 5.17. The lowest BCUT2D eigenvalue weighted by molar-refractivity contribution is -0.0322. The minimum atomic E-state index is -0.504. The van der Waals surface area contributed by atoms with E-state index >= 15 is 0 Å². The van der Waals surface area contributed by atoms with Gasteiger partial charge in [-0.15, -0.1) is 0 Å². The molecule has 2 aliphatic rings. The fourth-order valence-corrected chi connectivity index (χ4v) is 4.39. The van der Waals surface area contributed by atoms with E-state index in [1.165, 1.54) is 38.5 Å². The molecule has 19 heavy (non-hydrogen) atoms. The number of hydrogen-bond acceptors (Lipinski definition) is 2. The lowest BCUT2D eigenvalue weighted by atomic mass is 9.66. The first-order chi connectivity index (χ1) is 9.09. The molecule has 0 atom stereocenters. The predicted molar refractivity (Wildman–Crippen MR) is 80.0 cm³/mol. The van der Waals surface area contributed by atoms with Crippen molar-refractivity contribution in [2.24, 2.45) is 5.41 Å². The number of rotatable bonds is 2. The van der Waals surface area contributed by atoms with Gasteiger partial charge >= 0.3 is 0 Å². The van der Waals surface area contributed by atoms with Crippen LogP contribution >= 0.6 is 15.9 Å². The van der Waals surface area contributed by atoms with Crippen LogP contribution in [0.15, 0.2) is 22.9 Å². The highest BCUT2D eigenvalue weighted by Gasteiger charge is 2.42. The Morgan fingerprint density at radius 2 is 1.74 bits per heavy atom. The van der Waals surface area contributed by atoms with Crippen LogP contribution in [-0.2, 0) is 6.42 Å². The molecule has 1 spiro atoms. The number of halogens is 1. The zero-order chi connectivity index (χ0) is 13.3. The van der Waals surface area contributed by atoms with Crippen LogP contribution in [0.5, 0.6) is 0 Å². The van der Waals surface area contributed by atoms with Crippen molar-refractivity contribution in [3.63, 3.8) is 0 Å². The minimum Gasteiger partial charge on any atom is -0.390 e. The lowest BCUT2D eigenvalue weighted by Gasteiger charge is -2.42. The van der Waals surface area contributed by atoms with Gasteiger partial charge in [-0.3, -0.25) is 4.98 Å². The normalized spacial score (nSPS) is 24.7. The lowest BCUT2D eigenvalue weighted by Crippen LogP contribution is -2.39. The summed E-state index contributed by atoms with van der Waals surface area (Å²) >= 11 is 3.45. The average molecular weight is 324 g/mol. The highest BCUT2D eigenvalue weighted by molar-refractivity contribution is 9.10. The molecule has 0 saturated heterocycles. The highest BCUT2D eigenvalue weighted by Crippen LogP contribution is 2.51. The van der Waals surface area contributed by atoms with E-state index in [-0.39, 0.29) is 0 Å². The third kappa shape index (κ3) is 3.03. The van der Waals surface area contributed by atoms with Crippen molar-refractivity contribution in [3.8, 4) is 0 Å². The zero-order valence-electron chi connectivity index (χ0n) is 11.4. The Hall–Kier alpha value is -0.410. The van der Waals surface area contributed by atoms with Crippen LogP contribution in [0.2, 0.25) is 0 Å². The van der Waals surface area contributed by atoms with Gasteiger partial charge in [0.2, 0.25) is 0 Å². The maximum absolute atomic E-state index is 10.8. The van der Waals surface area contributed by atoms with Gasteiger partial charge in [0.05, 0.1) is 5.60 Å². The maximum Gasteiger partial charge on any atom is 0.0689 e. The molecule has 1 aromatic rings. The molecule has 2 nitrogen and oxygen atoms in total. The van der Waals surface area contributed by atoms with Gasteiger partial charge in [0.25, 0.3) is 0 Å². The first-order valence-electron chi connectivity index (χ1n) is 7.41. The molecule has 0 radical (unpaired) electrons. The van der Waals surface area contributed by atoms with Gasteiger partial charge in [-0.1, -0.05) is 12.8 Å². The summed E-state index contributed by atoms with van der Waals surface area (Å²) in [5.41, 5.74) is 1.22. The summed E-state index contributed by atoms with van der Waals surface area (Å²) in [6.45, 7) is 0. The van der Waals surface area contributed by atoms with Gasteiger partial charge in [-0.25, -0.2) is 0 Å². The van der Waals surface area contributed by atoms with E-state index < -0.39 is 5.60 Å². The van der Waals surface area contributed by atoms with Crippen LogP contribution in [0.25, 0.3) is 0 Å². The molecule has 1 aromatic heterocycles. The Balaban J connectivity index is 1.65. The molecular formula is C16H22BrNO. The van der Waals surface area contributed by atoms with Crippen LogP contribution in [0, 0.1) is 5.41 Å². The number of aromatic nitrogens is 1. The van der Waals surface area contributed by atoms with Crippen LogP contribution in [0.4, 0.5) is 0 Å². The summed E-state index contributed by atoms with van der Waals surface area (Å²) in [4.78, 5) is 4.19. The quantitative estimate of drug-likeness (QED) is 0.882. The summed E-state index contributed by atoms with van der Waals surface area (Å²) in [5.74, 6) is 0. The minimum absolute atomic E-state index is 0.504. The number of nitrogens with zero attached hydrogens (tertiary/aromatic N) is 1. The van der Waals surface area contributed by atoms with Gasteiger partial charge in [0, 0.05) is 23.3 Å². The molecule has 2 saturated carbocycles. The molecule has 0 unspecified atom stereocenters. The predicted octanol–water partition coefficient (Wildman–Crippen LogP) is 4.25. The molecule has 1 N–H and O–H groups in total. The summed E-state index contributed by atoms with van der Waals surface area (Å²) in [5, 5.41) is 10.8. The number of aliphatic hydroxyl groups is 1. The maximum atomic E-state index is 10.8. The molecule has 0 bridgehead atoms. The van der Waals surface area contributed by atoms with E-state index in [0.717, 1.165) is 29.3 Å². The Morgan fingerprint density at radius 3 is 2.37 bits per heavy atom. The number of hydrogen-bond donors (Lipinski definition) is 1. The first-order valence-corrected chi connectivity index (χ1v) is 8.21. The zero-order valence-corrected chi connectivity index (χ0v) is 13.0. The second-order valence-corrected chi connectivity index (χ2v) is 7.54. The van der Waals surface area contributed by atoms with Gasteiger partial charge in [0.15, 0.2) is 0 Å². The first kappa shape index (κ1) is 13.6. The van der Waals surface area contributed by atoms with Crippen molar-refractivity contribution in [2.75, 3.05) is 0 Å². The topological polar surface area (TPSA) is 33.1 Å². The van der Waals surface area contributed by atoms with E-state index in [2.05, 4.69) is 27.0 Å². The third-order valence-corrected chi connectivity index (χ3v) is 5.63. The average Bonchev–Trinajstić information content (AvgIpc) is 2.83. The Bertz CT molecular complexity index is 444. The van der Waals surface area contributed by atoms with E-state index in [9.17, 15) is 5.11 Å². The highest BCUT2D eigenvalue weighted by atomic mass is 79.9. The monoisotopic (exact) mass is 323 g/mol. The summed E-state index contributed by atoms with van der Waals surface area (Å²) in [7, 11) is 0. The fourth-order valence-electron chi connectivity index (χ4n) is 3.98. The molecule has 2 aliphatic carbocycles. The smallest absolute Gasteiger partial charge is 0.0689 e. The van der Waals surface area contributed by atoms with Gasteiger partial charge in [0.1, 0.15) is 0 Å². The van der Waals surface area contributed by atoms with Crippen LogP contribution in [0.3, 0.4) is 0 Å². The molecule has 1 heterocycles. The Morgan fingerprint density at radius 1 is 1.05 bits per heavy atom. The summed E-state index contributed by atoms with van der Waals surface area (Å²) in [6, 6.07) is 2.07. The molecule has 3 heteroatoms. The molecule has 3 rings (SSSR count). The van der Waals surface area contributed by atoms with Gasteiger partial charge < -0.3 is 5.11 Å². The standard InChI is InChI=1S/C16H22BrNO/c17-14-9-13(11-18-12-14)10-16(19)7-5-15(6-8-16)3-1-2-4-15/h9,11-12,19H,1-8,10H2. The summed E-state index contributed by atoms with van der Waals surface area (Å²) < 4.78 is 0.997. The summed E-state index contributed by atoms with van der Waals surface area (Å²) in [6.07, 6.45) is 14.3. The van der Waals surface area contributed by atoms with Crippen molar-refractivity contribution >= 4 is 15.9 Å². The van der Waals surface area contributed by atoms with Crippen molar-refractivity contribution < 1.29 is 5.11 Å². The Labute approximate surface area is 123 Å². The van der Waals surface area contributed by atoms with Crippen molar-refractivity contribution in [2.45, 2.75) is 63.4 Å². The van der Waals surface area contributed by atoms with E-state index in [0.29, 0.717) is 5.41 Å². The van der Waals surface area contributed by atoms with Gasteiger partial charge in [-0.2, -0.15) is 0 Å².